The molecule has 3 nitrogen and oxygen atoms in total. The van der Waals surface area contributed by atoms with Crippen LogP contribution in [0.15, 0.2) is 6.07 Å². The van der Waals surface area contributed by atoms with Gasteiger partial charge in [0.25, 0.3) is 0 Å². The van der Waals surface area contributed by atoms with E-state index < -0.39 is 0 Å². The van der Waals surface area contributed by atoms with Crippen molar-refractivity contribution in [3.05, 3.63) is 16.1 Å². The number of hydrogen-bond acceptors (Lipinski definition) is 3. The van der Waals surface area contributed by atoms with Crippen LogP contribution in [0, 0.1) is 17.8 Å². The summed E-state index contributed by atoms with van der Waals surface area (Å²) in [6, 6.07) is 1.69. The van der Waals surface area contributed by atoms with Crippen molar-refractivity contribution in [3.63, 3.8) is 0 Å². The van der Waals surface area contributed by atoms with Crippen LogP contribution in [0.4, 0.5) is 5.82 Å². The smallest absolute Gasteiger partial charge is 0.234 e. The zero-order valence-corrected chi connectivity index (χ0v) is 14.6. The molecule has 118 valence electrons. The highest BCUT2D eigenvalue weighted by atomic mass is 35.5. The van der Waals surface area contributed by atoms with E-state index in [9.17, 15) is 0 Å². The Morgan fingerprint density at radius 1 is 1.29 bits per heavy atom. The van der Waals surface area contributed by atoms with E-state index in [1.165, 1.54) is 12.8 Å². The van der Waals surface area contributed by atoms with Gasteiger partial charge >= 0.3 is 0 Å². The molecule has 1 aromatic rings. The minimum absolute atomic E-state index is 0.171. The van der Waals surface area contributed by atoms with Gasteiger partial charge in [-0.25, -0.2) is 0 Å². The van der Waals surface area contributed by atoms with Gasteiger partial charge in [0.15, 0.2) is 0 Å². The normalized spacial score (nSPS) is 26.0. The second-order valence-corrected chi connectivity index (χ2v) is 7.15. The number of nitrogens with zero attached hydrogens (tertiary/aromatic N) is 1. The molecular formula is C16H24Cl2N2O. The summed E-state index contributed by atoms with van der Waals surface area (Å²) in [5.74, 6) is 2.90. The summed E-state index contributed by atoms with van der Waals surface area (Å²) in [6.45, 7) is 6.79. The molecule has 5 heteroatoms. The van der Waals surface area contributed by atoms with E-state index in [0.29, 0.717) is 39.5 Å². The lowest BCUT2D eigenvalue weighted by molar-refractivity contribution is 0.0428. The van der Waals surface area contributed by atoms with Crippen LogP contribution in [0.25, 0.3) is 0 Å². The standard InChI is InChI=1S/C16H24Cl2N2O/c1-9(2)11-6-5-10(3)7-14(11)21-16-13(18)8-12(17)15(19-4)20-16/h8-11,14H,5-7H2,1-4H3,(H,19,20). The Morgan fingerprint density at radius 3 is 2.62 bits per heavy atom. The van der Waals surface area contributed by atoms with Gasteiger partial charge in [-0.15, -0.1) is 0 Å². The molecule has 1 aliphatic carbocycles. The van der Waals surface area contributed by atoms with Gasteiger partial charge in [-0.3, -0.25) is 0 Å². The highest BCUT2D eigenvalue weighted by Crippen LogP contribution is 2.38. The molecule has 3 unspecified atom stereocenters. The van der Waals surface area contributed by atoms with Crippen molar-refractivity contribution >= 4 is 29.0 Å². The number of halogens is 2. The third-order valence-electron chi connectivity index (χ3n) is 4.36. The van der Waals surface area contributed by atoms with Crippen LogP contribution >= 0.6 is 23.2 Å². The van der Waals surface area contributed by atoms with Crippen molar-refractivity contribution in [2.24, 2.45) is 17.8 Å². The van der Waals surface area contributed by atoms with E-state index in [2.05, 4.69) is 31.1 Å². The average molecular weight is 331 g/mol. The largest absolute Gasteiger partial charge is 0.473 e. The molecule has 0 radical (unpaired) electrons. The Morgan fingerprint density at radius 2 is 2.00 bits per heavy atom. The zero-order chi connectivity index (χ0) is 15.6. The number of pyridine rings is 1. The number of nitrogens with one attached hydrogen (secondary N) is 1. The Labute approximate surface area is 137 Å². The average Bonchev–Trinajstić information content (AvgIpc) is 2.41. The first-order chi connectivity index (χ1) is 9.92. The van der Waals surface area contributed by atoms with Crippen molar-refractivity contribution in [2.45, 2.75) is 46.1 Å². The van der Waals surface area contributed by atoms with E-state index in [1.807, 2.05) is 0 Å². The molecule has 0 bridgehead atoms. The lowest BCUT2D eigenvalue weighted by Gasteiger charge is -2.37. The summed E-state index contributed by atoms with van der Waals surface area (Å²) in [5.41, 5.74) is 0. The summed E-state index contributed by atoms with van der Waals surface area (Å²) in [5, 5.41) is 3.94. The third-order valence-corrected chi connectivity index (χ3v) is 4.92. The van der Waals surface area contributed by atoms with Crippen molar-refractivity contribution in [2.75, 3.05) is 12.4 Å². The molecule has 1 heterocycles. The van der Waals surface area contributed by atoms with Crippen LogP contribution in [0.5, 0.6) is 5.88 Å². The summed E-state index contributed by atoms with van der Waals surface area (Å²) in [6.07, 6.45) is 3.70. The number of hydrogen-bond donors (Lipinski definition) is 1. The number of anilines is 1. The Kier molecular flexibility index (Phi) is 5.61. The van der Waals surface area contributed by atoms with Gasteiger partial charge in [0, 0.05) is 7.05 Å². The summed E-state index contributed by atoms with van der Waals surface area (Å²) in [4.78, 5) is 4.41. The molecule has 1 N–H and O–H groups in total. The minimum atomic E-state index is 0.171. The van der Waals surface area contributed by atoms with Crippen molar-refractivity contribution in [1.82, 2.24) is 4.98 Å². The maximum absolute atomic E-state index is 6.24. The summed E-state index contributed by atoms with van der Waals surface area (Å²) >= 11 is 12.3. The lowest BCUT2D eigenvalue weighted by Crippen LogP contribution is -2.36. The van der Waals surface area contributed by atoms with Gasteiger partial charge in [0.2, 0.25) is 5.88 Å². The molecule has 1 aliphatic rings. The highest BCUT2D eigenvalue weighted by molar-refractivity contribution is 6.36. The monoisotopic (exact) mass is 330 g/mol. The van der Waals surface area contributed by atoms with Crippen LogP contribution in [0.2, 0.25) is 10.0 Å². The molecule has 0 spiro atoms. The molecule has 2 rings (SSSR count). The SMILES string of the molecule is CNc1nc(OC2CC(C)CCC2C(C)C)c(Cl)cc1Cl. The minimum Gasteiger partial charge on any atom is -0.473 e. The van der Waals surface area contributed by atoms with Crippen LogP contribution in [0.1, 0.15) is 40.0 Å². The van der Waals surface area contributed by atoms with Crippen molar-refractivity contribution in [1.29, 1.82) is 0 Å². The van der Waals surface area contributed by atoms with Gasteiger partial charge in [-0.2, -0.15) is 4.98 Å². The van der Waals surface area contributed by atoms with E-state index in [-0.39, 0.29) is 6.10 Å². The number of aromatic nitrogens is 1. The Hall–Kier alpha value is -0.670. The van der Waals surface area contributed by atoms with E-state index in [4.69, 9.17) is 27.9 Å². The van der Waals surface area contributed by atoms with Crippen molar-refractivity contribution < 1.29 is 4.74 Å². The molecule has 0 amide bonds. The van der Waals surface area contributed by atoms with Crippen molar-refractivity contribution in [3.8, 4) is 5.88 Å². The van der Waals surface area contributed by atoms with Gasteiger partial charge in [-0.05, 0) is 36.7 Å². The quantitative estimate of drug-likeness (QED) is 0.816. The van der Waals surface area contributed by atoms with Gasteiger partial charge in [0.05, 0.1) is 5.02 Å². The molecule has 0 saturated heterocycles. The second kappa shape index (κ2) is 7.06. The molecule has 21 heavy (non-hydrogen) atoms. The van der Waals surface area contributed by atoms with Gasteiger partial charge in [-0.1, -0.05) is 50.4 Å². The summed E-state index contributed by atoms with van der Waals surface area (Å²) in [7, 11) is 1.78. The molecule has 1 saturated carbocycles. The second-order valence-electron chi connectivity index (χ2n) is 6.34. The first-order valence-corrected chi connectivity index (χ1v) is 8.38. The van der Waals surface area contributed by atoms with Crippen LogP contribution in [0.3, 0.4) is 0 Å². The maximum Gasteiger partial charge on any atom is 0.234 e. The lowest BCUT2D eigenvalue weighted by atomic mass is 9.75. The molecular weight excluding hydrogens is 307 g/mol. The molecule has 0 aromatic carbocycles. The fourth-order valence-corrected chi connectivity index (χ4v) is 3.60. The van der Waals surface area contributed by atoms with Gasteiger partial charge in [0.1, 0.15) is 16.9 Å². The first-order valence-electron chi connectivity index (χ1n) is 7.62. The zero-order valence-electron chi connectivity index (χ0n) is 13.1. The topological polar surface area (TPSA) is 34.2 Å². The fraction of sp³-hybridized carbons (Fsp3) is 0.688. The highest BCUT2D eigenvalue weighted by Gasteiger charge is 2.33. The molecule has 1 aromatic heterocycles. The summed E-state index contributed by atoms with van der Waals surface area (Å²) < 4.78 is 6.19. The number of rotatable bonds is 4. The maximum atomic E-state index is 6.24. The predicted molar refractivity (Wildman–Crippen MR) is 89.6 cm³/mol. The Balaban J connectivity index is 2.22. The fourth-order valence-electron chi connectivity index (χ4n) is 3.10. The number of ether oxygens (including phenoxy) is 1. The molecule has 3 atom stereocenters. The molecule has 0 aliphatic heterocycles. The van der Waals surface area contributed by atoms with E-state index in [0.717, 1.165) is 6.42 Å². The van der Waals surface area contributed by atoms with Crippen LogP contribution < -0.4 is 10.1 Å². The predicted octanol–water partition coefficient (Wildman–Crippen LogP) is 5.27. The first kappa shape index (κ1) is 16.7. The Bertz CT molecular complexity index is 493. The van der Waals surface area contributed by atoms with Crippen LogP contribution in [-0.4, -0.2) is 18.1 Å². The van der Waals surface area contributed by atoms with E-state index in [1.54, 1.807) is 13.1 Å². The van der Waals surface area contributed by atoms with Gasteiger partial charge < -0.3 is 10.1 Å². The van der Waals surface area contributed by atoms with Crippen LogP contribution in [-0.2, 0) is 0 Å². The molecule has 1 fully saturated rings. The third kappa shape index (κ3) is 3.95. The van der Waals surface area contributed by atoms with E-state index >= 15 is 0 Å².